The molecule has 0 aromatic heterocycles. The largest absolute Gasteiger partial charge is 0.460 e. The van der Waals surface area contributed by atoms with Gasteiger partial charge in [0, 0.05) is 29.5 Å². The molecular formula is C31H59N7O14. The lowest BCUT2D eigenvalue weighted by Gasteiger charge is -2.19. The van der Waals surface area contributed by atoms with Crippen LogP contribution in [0.3, 0.4) is 0 Å². The van der Waals surface area contributed by atoms with Crippen LogP contribution in [0.1, 0.15) is 27.2 Å². The van der Waals surface area contributed by atoms with E-state index in [-0.39, 0.29) is 71.7 Å². The van der Waals surface area contributed by atoms with Gasteiger partial charge in [0.15, 0.2) is 6.10 Å². The SMILES string of the molecule is CC(C)(C)OC(=O)CCOCCOCCOCCOCCNC(=O)OC(COCCOCCOCCN=[N+]=[N-])COCCOCCOCCN=[N+]=[N-]. The smallest absolute Gasteiger partial charge is 0.407 e. The third-order valence-electron chi connectivity index (χ3n) is 5.67. The van der Waals surface area contributed by atoms with Gasteiger partial charge in [-0.25, -0.2) is 4.79 Å². The fraction of sp³-hybridized carbons (Fsp3) is 0.935. The summed E-state index contributed by atoms with van der Waals surface area (Å²) in [6.45, 7) is 12.3. The van der Waals surface area contributed by atoms with Gasteiger partial charge < -0.3 is 62.2 Å². The number of nitrogens with one attached hydrogen (secondary N) is 1. The Labute approximate surface area is 305 Å². The molecule has 1 N–H and O–H groups in total. The molecule has 0 atom stereocenters. The predicted octanol–water partition coefficient (Wildman–Crippen LogP) is 2.60. The van der Waals surface area contributed by atoms with Crippen LogP contribution in [-0.4, -0.2) is 176 Å². The Morgan fingerprint density at radius 3 is 1.33 bits per heavy atom. The zero-order chi connectivity index (χ0) is 38.2. The predicted molar refractivity (Wildman–Crippen MR) is 185 cm³/mol. The maximum absolute atomic E-state index is 12.4. The molecule has 0 bridgehead atoms. The quantitative estimate of drug-likeness (QED) is 0.0313. The van der Waals surface area contributed by atoms with Crippen molar-refractivity contribution in [2.45, 2.75) is 38.9 Å². The number of carbonyl (C=O) groups excluding carboxylic acids is 2. The van der Waals surface area contributed by atoms with E-state index in [1.165, 1.54) is 0 Å². The Bertz CT molecular complexity index is 913. The second-order valence-electron chi connectivity index (χ2n) is 11.2. The fourth-order valence-corrected chi connectivity index (χ4v) is 3.45. The minimum Gasteiger partial charge on any atom is -0.460 e. The van der Waals surface area contributed by atoms with Crippen LogP contribution in [0.5, 0.6) is 0 Å². The van der Waals surface area contributed by atoms with Crippen molar-refractivity contribution >= 4 is 12.1 Å². The number of carbonyl (C=O) groups is 2. The molecule has 302 valence electrons. The Kier molecular flexibility index (Phi) is 35.5. The molecule has 21 nitrogen and oxygen atoms in total. The molecule has 52 heavy (non-hydrogen) atoms. The van der Waals surface area contributed by atoms with E-state index in [1.807, 2.05) is 20.8 Å². The summed E-state index contributed by atoms with van der Waals surface area (Å²) in [6.07, 6.45) is -1.14. The van der Waals surface area contributed by atoms with Gasteiger partial charge >= 0.3 is 12.1 Å². The van der Waals surface area contributed by atoms with E-state index in [1.54, 1.807) is 0 Å². The number of rotatable bonds is 38. The Morgan fingerprint density at radius 2 is 0.923 bits per heavy atom. The number of hydrogen-bond donors (Lipinski definition) is 1. The molecule has 0 saturated heterocycles. The average molecular weight is 754 g/mol. The minimum absolute atomic E-state index is 0.0813. The number of alkyl carbamates (subject to hydrolysis) is 1. The van der Waals surface area contributed by atoms with Crippen LogP contribution in [-0.2, 0) is 61.6 Å². The highest BCUT2D eigenvalue weighted by Gasteiger charge is 2.16. The lowest BCUT2D eigenvalue weighted by molar-refractivity contribution is -0.156. The molecule has 0 radical (unpaired) electrons. The van der Waals surface area contributed by atoms with Crippen molar-refractivity contribution in [2.24, 2.45) is 10.2 Å². The van der Waals surface area contributed by atoms with Crippen molar-refractivity contribution in [3.8, 4) is 0 Å². The summed E-state index contributed by atoms with van der Waals surface area (Å²) >= 11 is 0. The van der Waals surface area contributed by atoms with E-state index in [0.717, 1.165) is 0 Å². The summed E-state index contributed by atoms with van der Waals surface area (Å²) in [5.74, 6) is -0.296. The molecule has 0 unspecified atom stereocenters. The van der Waals surface area contributed by atoms with E-state index in [0.29, 0.717) is 92.5 Å². The van der Waals surface area contributed by atoms with Crippen molar-refractivity contribution in [2.75, 3.05) is 152 Å². The molecule has 0 heterocycles. The zero-order valence-corrected chi connectivity index (χ0v) is 30.9. The normalized spacial score (nSPS) is 11.8. The van der Waals surface area contributed by atoms with Crippen LogP contribution in [0.15, 0.2) is 10.2 Å². The van der Waals surface area contributed by atoms with E-state index in [4.69, 9.17) is 67.9 Å². The van der Waals surface area contributed by atoms with Gasteiger partial charge in [-0.05, 0) is 31.8 Å². The van der Waals surface area contributed by atoms with Crippen molar-refractivity contribution < 1.29 is 66.4 Å². The number of azide groups is 2. The first-order chi connectivity index (χ1) is 25.3. The topological polar surface area (TPSA) is 254 Å². The highest BCUT2D eigenvalue weighted by molar-refractivity contribution is 5.69. The van der Waals surface area contributed by atoms with Crippen LogP contribution in [0.2, 0.25) is 0 Å². The maximum Gasteiger partial charge on any atom is 0.407 e. The van der Waals surface area contributed by atoms with Gasteiger partial charge in [0.1, 0.15) is 5.60 Å². The summed E-state index contributed by atoms with van der Waals surface area (Å²) in [5, 5.41) is 9.38. The molecule has 1 amide bonds. The second kappa shape index (κ2) is 37.7. The Hall–Kier alpha value is -3.04. The molecule has 0 spiro atoms. The number of esters is 1. The minimum atomic E-state index is -0.687. The molecule has 0 aliphatic rings. The number of hydrogen-bond acceptors (Lipinski definition) is 16. The van der Waals surface area contributed by atoms with Gasteiger partial charge in [0.2, 0.25) is 0 Å². The molecule has 0 aromatic rings. The summed E-state index contributed by atoms with van der Waals surface area (Å²) < 4.78 is 65.0. The highest BCUT2D eigenvalue weighted by Crippen LogP contribution is 2.08. The summed E-state index contributed by atoms with van der Waals surface area (Å²) in [4.78, 5) is 29.3. The van der Waals surface area contributed by atoms with Crippen molar-refractivity contribution in [1.82, 2.24) is 5.32 Å². The standard InChI is InChI=1S/C31H59N7O14/c1-31(2,3)52-29(39)4-8-41-12-16-45-20-21-46-17-13-42-9-5-34-30(40)51-28(26-49-24-22-47-18-14-43-10-6-35-37-32)27-50-25-23-48-19-15-44-11-7-36-38-33/h28H,4-27H2,1-3H3,(H,34,40). The van der Waals surface area contributed by atoms with E-state index < -0.39 is 17.8 Å². The van der Waals surface area contributed by atoms with Gasteiger partial charge in [-0.15, -0.1) is 0 Å². The number of amides is 1. The van der Waals surface area contributed by atoms with Gasteiger partial charge in [-0.1, -0.05) is 10.2 Å². The molecule has 0 rings (SSSR count). The number of ether oxygens (including phenoxy) is 12. The van der Waals surface area contributed by atoms with Gasteiger partial charge in [-0.2, -0.15) is 0 Å². The van der Waals surface area contributed by atoms with Gasteiger partial charge in [0.05, 0.1) is 139 Å². The lowest BCUT2D eigenvalue weighted by atomic mass is 10.2. The Balaban J connectivity index is 4.01. The zero-order valence-electron chi connectivity index (χ0n) is 30.9. The fourth-order valence-electron chi connectivity index (χ4n) is 3.45. The number of nitrogens with zero attached hydrogens (tertiary/aromatic N) is 6. The molecule has 0 fully saturated rings. The van der Waals surface area contributed by atoms with Crippen LogP contribution in [0.4, 0.5) is 4.79 Å². The van der Waals surface area contributed by atoms with Crippen molar-refractivity contribution in [3.63, 3.8) is 0 Å². The first kappa shape index (κ1) is 49.0. The van der Waals surface area contributed by atoms with Crippen molar-refractivity contribution in [3.05, 3.63) is 20.9 Å². The summed E-state index contributed by atoms with van der Waals surface area (Å²) in [7, 11) is 0. The summed E-state index contributed by atoms with van der Waals surface area (Å²) in [5.41, 5.74) is 16.0. The highest BCUT2D eigenvalue weighted by atomic mass is 16.6. The molecule has 0 aliphatic carbocycles. The molecule has 0 aromatic carbocycles. The van der Waals surface area contributed by atoms with E-state index in [2.05, 4.69) is 25.4 Å². The van der Waals surface area contributed by atoms with Crippen molar-refractivity contribution in [1.29, 1.82) is 0 Å². The Morgan fingerprint density at radius 1 is 0.558 bits per heavy atom. The van der Waals surface area contributed by atoms with E-state index in [9.17, 15) is 9.59 Å². The summed E-state index contributed by atoms with van der Waals surface area (Å²) in [6, 6.07) is 0. The second-order valence-corrected chi connectivity index (χ2v) is 11.2. The van der Waals surface area contributed by atoms with Crippen LogP contribution >= 0.6 is 0 Å². The third kappa shape index (κ3) is 39.7. The van der Waals surface area contributed by atoms with Gasteiger partial charge in [-0.3, -0.25) is 4.79 Å². The lowest BCUT2D eigenvalue weighted by Crippen LogP contribution is -2.36. The first-order valence-electron chi connectivity index (χ1n) is 17.2. The average Bonchev–Trinajstić information content (AvgIpc) is 3.10. The third-order valence-corrected chi connectivity index (χ3v) is 5.67. The van der Waals surface area contributed by atoms with Crippen LogP contribution in [0.25, 0.3) is 20.9 Å². The van der Waals surface area contributed by atoms with Crippen LogP contribution < -0.4 is 5.32 Å². The van der Waals surface area contributed by atoms with Crippen LogP contribution in [0, 0.1) is 0 Å². The molecule has 21 heteroatoms. The first-order valence-corrected chi connectivity index (χ1v) is 17.2. The van der Waals surface area contributed by atoms with Gasteiger partial charge in [0.25, 0.3) is 0 Å². The molecule has 0 aliphatic heterocycles. The molecule has 0 saturated carbocycles. The van der Waals surface area contributed by atoms with E-state index >= 15 is 0 Å². The monoisotopic (exact) mass is 753 g/mol. The molecular weight excluding hydrogens is 694 g/mol. The maximum atomic E-state index is 12.4.